The van der Waals surface area contributed by atoms with E-state index in [1.165, 1.54) is 4.68 Å². The monoisotopic (exact) mass is 271 g/mol. The summed E-state index contributed by atoms with van der Waals surface area (Å²) in [6.07, 6.45) is 0. The van der Waals surface area contributed by atoms with E-state index in [-0.39, 0.29) is 0 Å². The molecule has 0 aliphatic carbocycles. The number of methoxy groups -OCH3 is 1. The van der Waals surface area contributed by atoms with Crippen LogP contribution < -0.4 is 10.5 Å². The zero-order valence-corrected chi connectivity index (χ0v) is 11.1. The van der Waals surface area contributed by atoms with Gasteiger partial charge >= 0.3 is 0 Å². The fourth-order valence-corrected chi connectivity index (χ4v) is 1.87. The van der Waals surface area contributed by atoms with Gasteiger partial charge in [-0.1, -0.05) is 10.4 Å². The van der Waals surface area contributed by atoms with Crippen LogP contribution in [0.3, 0.4) is 0 Å². The van der Waals surface area contributed by atoms with Gasteiger partial charge in [0.25, 0.3) is 0 Å². The van der Waals surface area contributed by atoms with E-state index in [0.717, 1.165) is 11.3 Å². The molecule has 102 valence electrons. The molecule has 0 spiro atoms. The number of benzene rings is 1. The molecule has 0 radical (unpaired) electrons. The van der Waals surface area contributed by atoms with Crippen LogP contribution in [0.2, 0.25) is 0 Å². The SMILES string of the molecule is COc1ccc(-c2nnn(-c3cc(C)on3)c2N)cc1. The summed E-state index contributed by atoms with van der Waals surface area (Å²) in [6, 6.07) is 9.17. The van der Waals surface area contributed by atoms with Gasteiger partial charge in [-0.3, -0.25) is 0 Å². The molecule has 2 aromatic heterocycles. The van der Waals surface area contributed by atoms with E-state index in [2.05, 4.69) is 15.5 Å². The first-order valence-electron chi connectivity index (χ1n) is 5.98. The summed E-state index contributed by atoms with van der Waals surface area (Å²) in [4.78, 5) is 0. The first-order valence-corrected chi connectivity index (χ1v) is 5.98. The molecule has 0 amide bonds. The molecule has 2 N–H and O–H groups in total. The topological polar surface area (TPSA) is 92.0 Å². The molecule has 0 aliphatic heterocycles. The molecular weight excluding hydrogens is 258 g/mol. The maximum atomic E-state index is 6.07. The molecule has 2 heterocycles. The molecule has 20 heavy (non-hydrogen) atoms. The van der Waals surface area contributed by atoms with Gasteiger partial charge in [0.1, 0.15) is 17.2 Å². The summed E-state index contributed by atoms with van der Waals surface area (Å²) in [5, 5.41) is 12.0. The number of hydrogen-bond acceptors (Lipinski definition) is 6. The fraction of sp³-hybridized carbons (Fsp3) is 0.154. The number of nitrogen functional groups attached to an aromatic ring is 1. The van der Waals surface area contributed by atoms with E-state index in [4.69, 9.17) is 15.0 Å². The van der Waals surface area contributed by atoms with Crippen molar-refractivity contribution in [1.82, 2.24) is 20.2 Å². The highest BCUT2D eigenvalue weighted by atomic mass is 16.5. The average molecular weight is 271 g/mol. The molecule has 0 aliphatic rings. The smallest absolute Gasteiger partial charge is 0.200 e. The molecule has 0 saturated heterocycles. The Labute approximate surface area is 114 Å². The lowest BCUT2D eigenvalue weighted by molar-refractivity contribution is 0.393. The number of aromatic nitrogens is 4. The van der Waals surface area contributed by atoms with Crippen molar-refractivity contribution in [2.24, 2.45) is 0 Å². The van der Waals surface area contributed by atoms with Crippen LogP contribution >= 0.6 is 0 Å². The third-order valence-corrected chi connectivity index (χ3v) is 2.90. The first kappa shape index (κ1) is 12.2. The van der Waals surface area contributed by atoms with Gasteiger partial charge in [0.15, 0.2) is 11.6 Å². The van der Waals surface area contributed by atoms with Gasteiger partial charge in [-0.05, 0) is 31.2 Å². The lowest BCUT2D eigenvalue weighted by Gasteiger charge is -2.02. The summed E-state index contributed by atoms with van der Waals surface area (Å²) in [7, 11) is 1.62. The van der Waals surface area contributed by atoms with Crippen molar-refractivity contribution in [3.8, 4) is 22.8 Å². The van der Waals surface area contributed by atoms with Gasteiger partial charge in [-0.25, -0.2) is 0 Å². The summed E-state index contributed by atoms with van der Waals surface area (Å²) >= 11 is 0. The van der Waals surface area contributed by atoms with E-state index in [0.29, 0.717) is 23.1 Å². The largest absolute Gasteiger partial charge is 0.497 e. The zero-order chi connectivity index (χ0) is 14.1. The van der Waals surface area contributed by atoms with Crippen molar-refractivity contribution in [2.45, 2.75) is 6.92 Å². The zero-order valence-electron chi connectivity index (χ0n) is 11.1. The molecule has 1 aromatic carbocycles. The second-order valence-electron chi connectivity index (χ2n) is 4.26. The van der Waals surface area contributed by atoms with Crippen LogP contribution in [0.15, 0.2) is 34.9 Å². The van der Waals surface area contributed by atoms with Crippen LogP contribution in [0.25, 0.3) is 17.1 Å². The molecule has 0 unspecified atom stereocenters. The fourth-order valence-electron chi connectivity index (χ4n) is 1.87. The van der Waals surface area contributed by atoms with Crippen LogP contribution in [0.4, 0.5) is 5.82 Å². The summed E-state index contributed by atoms with van der Waals surface area (Å²) in [6.45, 7) is 1.80. The first-order chi connectivity index (χ1) is 9.69. The molecule has 3 aromatic rings. The molecule has 0 bridgehead atoms. The third-order valence-electron chi connectivity index (χ3n) is 2.90. The predicted molar refractivity (Wildman–Crippen MR) is 72.6 cm³/mol. The molecule has 3 rings (SSSR count). The normalized spacial score (nSPS) is 10.7. The van der Waals surface area contributed by atoms with Crippen LogP contribution in [0, 0.1) is 6.92 Å². The molecular formula is C13H13N5O2. The molecule has 0 atom stereocenters. The second-order valence-corrected chi connectivity index (χ2v) is 4.26. The van der Waals surface area contributed by atoms with E-state index in [1.54, 1.807) is 20.1 Å². The van der Waals surface area contributed by atoms with Crippen molar-refractivity contribution in [3.05, 3.63) is 36.1 Å². The number of nitrogens with zero attached hydrogens (tertiary/aromatic N) is 4. The molecule has 7 nitrogen and oxygen atoms in total. The molecule has 0 fully saturated rings. The Morgan fingerprint density at radius 1 is 1.25 bits per heavy atom. The summed E-state index contributed by atoms with van der Waals surface area (Å²) in [5.41, 5.74) is 7.52. The van der Waals surface area contributed by atoms with Gasteiger partial charge < -0.3 is 15.0 Å². The van der Waals surface area contributed by atoms with E-state index >= 15 is 0 Å². The minimum absolute atomic E-state index is 0.406. The number of rotatable bonds is 3. The molecule has 7 heteroatoms. The van der Waals surface area contributed by atoms with E-state index in [9.17, 15) is 0 Å². The molecule has 0 saturated carbocycles. The minimum Gasteiger partial charge on any atom is -0.497 e. The number of nitrogens with two attached hydrogens (primary N) is 1. The van der Waals surface area contributed by atoms with Crippen molar-refractivity contribution in [1.29, 1.82) is 0 Å². The number of aryl methyl sites for hydroxylation is 1. The van der Waals surface area contributed by atoms with Gasteiger partial charge in [0, 0.05) is 11.6 Å². The standard InChI is InChI=1S/C13H13N5O2/c1-8-7-11(16-20-8)18-13(14)12(15-17-18)9-3-5-10(19-2)6-4-9/h3-7H,14H2,1-2H3. The van der Waals surface area contributed by atoms with Crippen LogP contribution in [0.1, 0.15) is 5.76 Å². The third kappa shape index (κ3) is 1.99. The van der Waals surface area contributed by atoms with Gasteiger partial charge in [-0.15, -0.1) is 5.10 Å². The Hall–Kier alpha value is -2.83. The highest BCUT2D eigenvalue weighted by molar-refractivity contribution is 5.71. The highest BCUT2D eigenvalue weighted by Gasteiger charge is 2.15. The van der Waals surface area contributed by atoms with Crippen molar-refractivity contribution >= 4 is 5.82 Å². The van der Waals surface area contributed by atoms with Gasteiger partial charge in [0.05, 0.1) is 7.11 Å². The van der Waals surface area contributed by atoms with E-state index in [1.807, 2.05) is 24.3 Å². The Kier molecular flexibility index (Phi) is 2.86. The average Bonchev–Trinajstić information content (AvgIpc) is 3.05. The highest BCUT2D eigenvalue weighted by Crippen LogP contribution is 2.26. The lowest BCUT2D eigenvalue weighted by atomic mass is 10.1. The summed E-state index contributed by atoms with van der Waals surface area (Å²) < 4.78 is 11.6. The Morgan fingerprint density at radius 3 is 2.60 bits per heavy atom. The van der Waals surface area contributed by atoms with Gasteiger partial charge in [0.2, 0.25) is 0 Å². The quantitative estimate of drug-likeness (QED) is 0.781. The Morgan fingerprint density at radius 2 is 2.00 bits per heavy atom. The van der Waals surface area contributed by atoms with Crippen LogP contribution in [-0.2, 0) is 0 Å². The number of anilines is 1. The summed E-state index contributed by atoms with van der Waals surface area (Å²) in [5.74, 6) is 2.36. The predicted octanol–water partition coefficient (Wildman–Crippen LogP) is 1.82. The maximum absolute atomic E-state index is 6.07. The number of hydrogen-bond donors (Lipinski definition) is 1. The van der Waals surface area contributed by atoms with E-state index < -0.39 is 0 Å². The van der Waals surface area contributed by atoms with Crippen LogP contribution in [-0.4, -0.2) is 27.3 Å². The van der Waals surface area contributed by atoms with Crippen molar-refractivity contribution < 1.29 is 9.26 Å². The van der Waals surface area contributed by atoms with Crippen molar-refractivity contribution in [2.75, 3.05) is 12.8 Å². The van der Waals surface area contributed by atoms with Crippen molar-refractivity contribution in [3.63, 3.8) is 0 Å². The van der Waals surface area contributed by atoms with Gasteiger partial charge in [-0.2, -0.15) is 4.68 Å². The lowest BCUT2D eigenvalue weighted by Crippen LogP contribution is -2.02. The van der Waals surface area contributed by atoms with Crippen LogP contribution in [0.5, 0.6) is 5.75 Å². The second kappa shape index (κ2) is 4.69. The minimum atomic E-state index is 0.406. The Balaban J connectivity index is 2.01. The number of ether oxygens (including phenoxy) is 1. The maximum Gasteiger partial charge on any atom is 0.200 e. The Bertz CT molecular complexity index is 730.